The Hall–Kier alpha value is -0.620. The van der Waals surface area contributed by atoms with E-state index in [-0.39, 0.29) is 17.1 Å². The van der Waals surface area contributed by atoms with Crippen molar-refractivity contribution in [1.29, 1.82) is 0 Å². The summed E-state index contributed by atoms with van der Waals surface area (Å²) in [4.78, 5) is 25.3. The summed E-state index contributed by atoms with van der Waals surface area (Å²) in [6, 6.07) is 0.413. The van der Waals surface area contributed by atoms with Crippen LogP contribution in [0.25, 0.3) is 0 Å². The molecule has 0 spiro atoms. The van der Waals surface area contributed by atoms with Crippen molar-refractivity contribution in [3.8, 4) is 0 Å². The molecule has 0 bridgehead atoms. The molecule has 1 saturated carbocycles. The van der Waals surface area contributed by atoms with Crippen LogP contribution in [0.4, 0.5) is 0 Å². The number of thiocarbonyl (C=S) groups is 1. The highest BCUT2D eigenvalue weighted by molar-refractivity contribution is 8.24. The minimum Gasteiger partial charge on any atom is -0.353 e. The van der Waals surface area contributed by atoms with Crippen molar-refractivity contribution in [1.82, 2.24) is 10.2 Å². The van der Waals surface area contributed by atoms with Gasteiger partial charge in [0, 0.05) is 19.0 Å². The highest BCUT2D eigenvalue weighted by atomic mass is 32.2. The van der Waals surface area contributed by atoms with Gasteiger partial charge in [-0.15, -0.1) is 0 Å². The zero-order valence-corrected chi connectivity index (χ0v) is 14.2. The maximum Gasteiger partial charge on any atom is 0.241 e. The van der Waals surface area contributed by atoms with E-state index in [1.54, 1.807) is 4.90 Å². The molecule has 1 atom stereocenters. The highest BCUT2D eigenvalue weighted by Gasteiger charge is 2.32. The van der Waals surface area contributed by atoms with E-state index < -0.39 is 0 Å². The molecule has 4 nitrogen and oxygen atoms in total. The fraction of sp³-hybridized carbons (Fsp3) is 0.800. The number of nitrogens with zero attached hydrogens (tertiary/aromatic N) is 1. The zero-order valence-electron chi connectivity index (χ0n) is 12.6. The summed E-state index contributed by atoms with van der Waals surface area (Å²) in [6.45, 7) is 2.59. The monoisotopic (exact) mass is 328 g/mol. The molecule has 2 fully saturated rings. The fourth-order valence-corrected chi connectivity index (χ4v) is 4.33. The summed E-state index contributed by atoms with van der Waals surface area (Å²) in [7, 11) is 0. The molecule has 0 aromatic rings. The third kappa shape index (κ3) is 4.95. The largest absolute Gasteiger partial charge is 0.353 e. The summed E-state index contributed by atoms with van der Waals surface area (Å²) in [5.41, 5.74) is 0. The molecule has 1 aliphatic heterocycles. The summed E-state index contributed by atoms with van der Waals surface area (Å²) in [5.74, 6) is 0.308. The summed E-state index contributed by atoms with van der Waals surface area (Å²) in [5, 5.41) is 3.07. The van der Waals surface area contributed by atoms with Gasteiger partial charge < -0.3 is 5.32 Å². The lowest BCUT2D eigenvalue weighted by molar-refractivity contribution is -0.126. The second-order valence-electron chi connectivity index (χ2n) is 5.88. The number of hydrogen-bond donors (Lipinski definition) is 1. The van der Waals surface area contributed by atoms with E-state index in [4.69, 9.17) is 12.2 Å². The third-order valence-electron chi connectivity index (χ3n) is 4.12. The van der Waals surface area contributed by atoms with Crippen molar-refractivity contribution < 1.29 is 9.59 Å². The Morgan fingerprint density at radius 2 is 2.05 bits per heavy atom. The van der Waals surface area contributed by atoms with Crippen LogP contribution in [-0.2, 0) is 9.59 Å². The Morgan fingerprint density at radius 3 is 2.67 bits per heavy atom. The van der Waals surface area contributed by atoms with Gasteiger partial charge in [0.15, 0.2) is 0 Å². The van der Waals surface area contributed by atoms with Gasteiger partial charge in [0.1, 0.15) is 4.32 Å². The molecule has 118 valence electrons. The Bertz CT molecular complexity index is 408. The van der Waals surface area contributed by atoms with Crippen LogP contribution >= 0.6 is 24.0 Å². The van der Waals surface area contributed by atoms with Gasteiger partial charge in [-0.2, -0.15) is 0 Å². The molecule has 0 aromatic carbocycles. The topological polar surface area (TPSA) is 49.4 Å². The molecule has 1 unspecified atom stereocenters. The number of amides is 2. The van der Waals surface area contributed by atoms with Crippen molar-refractivity contribution in [2.75, 3.05) is 6.54 Å². The number of unbranched alkanes of at least 4 members (excludes halogenated alkanes) is 2. The highest BCUT2D eigenvalue weighted by Crippen LogP contribution is 2.27. The number of nitrogens with one attached hydrogen (secondary N) is 1. The fourth-order valence-electron chi connectivity index (χ4n) is 2.88. The van der Waals surface area contributed by atoms with Crippen molar-refractivity contribution in [2.24, 2.45) is 0 Å². The lowest BCUT2D eigenvalue weighted by atomic mass is 10.1. The molecule has 1 saturated heterocycles. The van der Waals surface area contributed by atoms with E-state index in [2.05, 4.69) is 5.32 Å². The smallest absolute Gasteiger partial charge is 0.241 e. The molecule has 2 aliphatic rings. The molecule has 21 heavy (non-hydrogen) atoms. The predicted molar refractivity (Wildman–Crippen MR) is 90.2 cm³/mol. The van der Waals surface area contributed by atoms with Gasteiger partial charge in [-0.25, -0.2) is 0 Å². The Labute approximate surface area is 136 Å². The Morgan fingerprint density at radius 1 is 1.33 bits per heavy atom. The molecular weight excluding hydrogens is 304 g/mol. The Kier molecular flexibility index (Phi) is 6.48. The SMILES string of the molecule is CC1SC(=S)N(CCCCCC(=O)NC2CCCC2)C1=O. The number of rotatable bonds is 7. The van der Waals surface area contributed by atoms with Crippen LogP contribution in [0.2, 0.25) is 0 Å². The van der Waals surface area contributed by atoms with E-state index in [1.807, 2.05) is 6.92 Å². The second-order valence-corrected chi connectivity index (χ2v) is 7.85. The summed E-state index contributed by atoms with van der Waals surface area (Å²) in [6.07, 6.45) is 8.11. The Balaban J connectivity index is 1.54. The van der Waals surface area contributed by atoms with Gasteiger partial charge in [-0.1, -0.05) is 43.2 Å². The van der Waals surface area contributed by atoms with Crippen LogP contribution in [0, 0.1) is 0 Å². The van der Waals surface area contributed by atoms with E-state index in [9.17, 15) is 9.59 Å². The van der Waals surface area contributed by atoms with Crippen LogP contribution in [0.15, 0.2) is 0 Å². The third-order valence-corrected chi connectivity index (χ3v) is 5.60. The van der Waals surface area contributed by atoms with Gasteiger partial charge in [0.05, 0.1) is 5.25 Å². The first-order chi connectivity index (χ1) is 10.1. The maximum atomic E-state index is 11.8. The summed E-state index contributed by atoms with van der Waals surface area (Å²) >= 11 is 6.66. The van der Waals surface area contributed by atoms with Gasteiger partial charge in [0.2, 0.25) is 11.8 Å². The number of carbonyl (C=O) groups excluding carboxylic acids is 2. The second kappa shape index (κ2) is 8.13. The molecule has 2 amide bonds. The summed E-state index contributed by atoms with van der Waals surface area (Å²) < 4.78 is 0.700. The first-order valence-corrected chi connectivity index (χ1v) is 9.18. The normalized spacial score (nSPS) is 23.1. The quantitative estimate of drug-likeness (QED) is 0.577. The van der Waals surface area contributed by atoms with E-state index in [0.29, 0.717) is 23.3 Å². The molecule has 2 rings (SSSR count). The van der Waals surface area contributed by atoms with E-state index >= 15 is 0 Å². The van der Waals surface area contributed by atoms with Gasteiger partial charge in [0.25, 0.3) is 0 Å². The van der Waals surface area contributed by atoms with Crippen molar-refractivity contribution in [3.63, 3.8) is 0 Å². The molecule has 1 aliphatic carbocycles. The van der Waals surface area contributed by atoms with Crippen molar-refractivity contribution in [3.05, 3.63) is 0 Å². The van der Waals surface area contributed by atoms with Gasteiger partial charge >= 0.3 is 0 Å². The van der Waals surface area contributed by atoms with Crippen molar-refractivity contribution in [2.45, 2.75) is 69.6 Å². The molecule has 6 heteroatoms. The molecule has 0 aromatic heterocycles. The number of thioether (sulfide) groups is 1. The molecular formula is C15H24N2O2S2. The lowest BCUT2D eigenvalue weighted by Gasteiger charge is -2.15. The standard InChI is InChI=1S/C15H24N2O2S2/c1-11-14(19)17(15(20)21-11)10-6-2-3-9-13(18)16-12-7-4-5-8-12/h11-12H,2-10H2,1H3,(H,16,18). The van der Waals surface area contributed by atoms with Crippen LogP contribution in [0.3, 0.4) is 0 Å². The molecule has 0 radical (unpaired) electrons. The molecule has 1 heterocycles. The van der Waals surface area contributed by atoms with Crippen LogP contribution in [0.5, 0.6) is 0 Å². The lowest BCUT2D eigenvalue weighted by Crippen LogP contribution is -2.32. The van der Waals surface area contributed by atoms with Gasteiger partial charge in [-0.05, 0) is 32.6 Å². The van der Waals surface area contributed by atoms with Gasteiger partial charge in [-0.3, -0.25) is 14.5 Å². The van der Waals surface area contributed by atoms with E-state index in [0.717, 1.165) is 32.1 Å². The first kappa shape index (κ1) is 16.7. The average molecular weight is 329 g/mol. The minimum atomic E-state index is -0.0327. The van der Waals surface area contributed by atoms with Crippen molar-refractivity contribution >= 4 is 40.1 Å². The predicted octanol–water partition coefficient (Wildman–Crippen LogP) is 2.85. The first-order valence-electron chi connectivity index (χ1n) is 7.89. The maximum absolute atomic E-state index is 11.8. The number of hydrogen-bond acceptors (Lipinski definition) is 4. The van der Waals surface area contributed by atoms with Crippen LogP contribution < -0.4 is 5.32 Å². The minimum absolute atomic E-state index is 0.0327. The van der Waals surface area contributed by atoms with E-state index in [1.165, 1.54) is 24.6 Å². The molecule has 1 N–H and O–H groups in total. The zero-order chi connectivity index (χ0) is 15.2. The number of carbonyl (C=O) groups is 2. The van der Waals surface area contributed by atoms with Crippen LogP contribution in [-0.4, -0.2) is 38.9 Å². The average Bonchev–Trinajstić information content (AvgIpc) is 3.01. The van der Waals surface area contributed by atoms with Crippen LogP contribution in [0.1, 0.15) is 58.3 Å².